The van der Waals surface area contributed by atoms with Gasteiger partial charge < -0.3 is 9.84 Å². The van der Waals surface area contributed by atoms with Gasteiger partial charge in [0.25, 0.3) is 0 Å². The normalized spacial score (nSPS) is 15.6. The fourth-order valence-corrected chi connectivity index (χ4v) is 3.66. The Morgan fingerprint density at radius 2 is 1.82 bits per heavy atom. The fourth-order valence-electron chi connectivity index (χ4n) is 3.49. The van der Waals surface area contributed by atoms with Crippen molar-refractivity contribution in [1.29, 1.82) is 0 Å². The molecule has 3 aromatic rings. The number of aromatic carboxylic acids is 1. The SMILES string of the molecule is O=C(O)c1ccc(Cl)cc1-c1ccc2c(c1)OCC(Cc1ccccc1)C2=O. The van der Waals surface area contributed by atoms with Crippen molar-refractivity contribution >= 4 is 23.4 Å². The summed E-state index contributed by atoms with van der Waals surface area (Å²) < 4.78 is 5.87. The maximum atomic E-state index is 12.9. The Hall–Kier alpha value is -3.11. The Bertz CT molecular complexity index is 1060. The molecule has 0 radical (unpaired) electrons. The molecule has 5 heteroatoms. The van der Waals surface area contributed by atoms with Gasteiger partial charge in [-0.25, -0.2) is 4.79 Å². The first-order chi connectivity index (χ1) is 13.5. The van der Waals surface area contributed by atoms with Crippen molar-refractivity contribution in [1.82, 2.24) is 0 Å². The zero-order valence-electron chi connectivity index (χ0n) is 14.9. The highest BCUT2D eigenvalue weighted by Crippen LogP contribution is 2.35. The molecule has 1 heterocycles. The van der Waals surface area contributed by atoms with Gasteiger partial charge >= 0.3 is 5.97 Å². The molecule has 28 heavy (non-hydrogen) atoms. The summed E-state index contributed by atoms with van der Waals surface area (Å²) >= 11 is 6.06. The molecule has 1 N–H and O–H groups in total. The quantitative estimate of drug-likeness (QED) is 0.667. The second kappa shape index (κ2) is 7.49. The second-order valence-corrected chi connectivity index (χ2v) is 7.20. The van der Waals surface area contributed by atoms with Gasteiger partial charge in [-0.1, -0.05) is 48.0 Å². The minimum atomic E-state index is -1.04. The van der Waals surface area contributed by atoms with Crippen molar-refractivity contribution in [2.75, 3.05) is 6.61 Å². The zero-order valence-corrected chi connectivity index (χ0v) is 15.6. The third kappa shape index (κ3) is 3.51. The third-order valence-corrected chi connectivity index (χ3v) is 5.14. The molecule has 1 atom stereocenters. The number of Topliss-reactive ketones (excluding diaryl/α,β-unsaturated/α-hetero) is 1. The predicted molar refractivity (Wildman–Crippen MR) is 107 cm³/mol. The lowest BCUT2D eigenvalue weighted by Gasteiger charge is -2.25. The van der Waals surface area contributed by atoms with Crippen LogP contribution in [0.5, 0.6) is 5.75 Å². The van der Waals surface area contributed by atoms with E-state index in [-0.39, 0.29) is 17.3 Å². The summed E-state index contributed by atoms with van der Waals surface area (Å²) in [5.74, 6) is -0.755. The lowest BCUT2D eigenvalue weighted by atomic mass is 9.88. The van der Waals surface area contributed by atoms with Crippen LogP contribution in [0, 0.1) is 5.92 Å². The van der Waals surface area contributed by atoms with Gasteiger partial charge in [0.05, 0.1) is 23.7 Å². The summed E-state index contributed by atoms with van der Waals surface area (Å²) in [4.78, 5) is 24.4. The maximum Gasteiger partial charge on any atom is 0.336 e. The van der Waals surface area contributed by atoms with Crippen LogP contribution in [0.4, 0.5) is 0 Å². The number of rotatable bonds is 4. The van der Waals surface area contributed by atoms with E-state index in [4.69, 9.17) is 16.3 Å². The molecule has 0 bridgehead atoms. The first-order valence-corrected chi connectivity index (χ1v) is 9.29. The van der Waals surface area contributed by atoms with Crippen LogP contribution in [0.3, 0.4) is 0 Å². The molecular formula is C23H17ClO4. The van der Waals surface area contributed by atoms with Crippen molar-refractivity contribution in [3.05, 3.63) is 88.4 Å². The van der Waals surface area contributed by atoms with Crippen molar-refractivity contribution in [3.8, 4) is 16.9 Å². The summed E-state index contributed by atoms with van der Waals surface area (Å²) in [5, 5.41) is 9.89. The monoisotopic (exact) mass is 392 g/mol. The molecule has 0 spiro atoms. The van der Waals surface area contributed by atoms with E-state index >= 15 is 0 Å². The van der Waals surface area contributed by atoms with Crippen LogP contribution >= 0.6 is 11.6 Å². The van der Waals surface area contributed by atoms with Gasteiger partial charge in [0.2, 0.25) is 0 Å². The number of carboxylic acid groups (broad SMARTS) is 1. The van der Waals surface area contributed by atoms with Crippen LogP contribution in [0.25, 0.3) is 11.1 Å². The molecule has 1 unspecified atom stereocenters. The van der Waals surface area contributed by atoms with Gasteiger partial charge in [-0.15, -0.1) is 0 Å². The fraction of sp³-hybridized carbons (Fsp3) is 0.130. The van der Waals surface area contributed by atoms with E-state index < -0.39 is 5.97 Å². The van der Waals surface area contributed by atoms with Crippen LogP contribution in [0.15, 0.2) is 66.7 Å². The Morgan fingerprint density at radius 3 is 2.57 bits per heavy atom. The molecule has 0 saturated carbocycles. The average molecular weight is 393 g/mol. The number of hydrogen-bond acceptors (Lipinski definition) is 3. The van der Waals surface area contributed by atoms with Crippen molar-refractivity contribution in [2.45, 2.75) is 6.42 Å². The van der Waals surface area contributed by atoms with Gasteiger partial charge in [-0.2, -0.15) is 0 Å². The Labute approximate surface area is 167 Å². The summed E-state index contributed by atoms with van der Waals surface area (Å²) in [6.45, 7) is 0.297. The molecule has 140 valence electrons. The first-order valence-electron chi connectivity index (χ1n) is 8.91. The lowest BCUT2D eigenvalue weighted by Crippen LogP contribution is -2.29. The molecule has 0 fully saturated rings. The van der Waals surface area contributed by atoms with E-state index in [1.807, 2.05) is 30.3 Å². The molecular weight excluding hydrogens is 376 g/mol. The molecule has 0 aliphatic carbocycles. The standard InChI is InChI=1S/C23H17ClO4/c24-17-7-9-18(23(26)27)20(12-17)15-6-8-19-21(11-15)28-13-16(22(19)25)10-14-4-2-1-3-5-14/h1-9,11-12,16H,10,13H2,(H,26,27). The van der Waals surface area contributed by atoms with Crippen LogP contribution in [-0.4, -0.2) is 23.5 Å². The molecule has 0 saturated heterocycles. The topological polar surface area (TPSA) is 63.6 Å². The van der Waals surface area contributed by atoms with E-state index in [1.54, 1.807) is 30.3 Å². The van der Waals surface area contributed by atoms with Crippen LogP contribution in [0.2, 0.25) is 5.02 Å². The highest BCUT2D eigenvalue weighted by Gasteiger charge is 2.29. The van der Waals surface area contributed by atoms with E-state index in [0.29, 0.717) is 40.5 Å². The zero-order chi connectivity index (χ0) is 19.7. The number of carbonyl (C=O) groups is 2. The molecule has 0 aromatic heterocycles. The van der Waals surface area contributed by atoms with Gasteiger partial charge in [0, 0.05) is 5.02 Å². The van der Waals surface area contributed by atoms with E-state index in [1.165, 1.54) is 6.07 Å². The molecule has 0 amide bonds. The van der Waals surface area contributed by atoms with Gasteiger partial charge in [-0.3, -0.25) is 4.79 Å². The largest absolute Gasteiger partial charge is 0.492 e. The molecule has 3 aromatic carbocycles. The molecule has 1 aliphatic heterocycles. The van der Waals surface area contributed by atoms with Gasteiger partial charge in [0.15, 0.2) is 5.78 Å². The summed E-state index contributed by atoms with van der Waals surface area (Å²) in [6, 6.07) is 19.6. The van der Waals surface area contributed by atoms with Crippen LogP contribution < -0.4 is 4.74 Å². The van der Waals surface area contributed by atoms with Crippen molar-refractivity contribution in [3.63, 3.8) is 0 Å². The van der Waals surface area contributed by atoms with Crippen molar-refractivity contribution < 1.29 is 19.4 Å². The van der Waals surface area contributed by atoms with Gasteiger partial charge in [0.1, 0.15) is 5.75 Å². The predicted octanol–water partition coefficient (Wildman–Crippen LogP) is 5.14. The number of benzene rings is 3. The number of hydrogen-bond donors (Lipinski definition) is 1. The summed E-state index contributed by atoms with van der Waals surface area (Å²) in [5.41, 5.74) is 2.90. The number of carboxylic acids is 1. The first kappa shape index (κ1) is 18.3. The number of fused-ring (bicyclic) bond motifs is 1. The van der Waals surface area contributed by atoms with E-state index in [2.05, 4.69) is 0 Å². The maximum absolute atomic E-state index is 12.9. The number of halogens is 1. The van der Waals surface area contributed by atoms with E-state index in [9.17, 15) is 14.7 Å². The van der Waals surface area contributed by atoms with E-state index in [0.717, 1.165) is 5.56 Å². The Balaban J connectivity index is 1.66. The molecule has 4 rings (SSSR count). The highest BCUT2D eigenvalue weighted by atomic mass is 35.5. The number of ether oxygens (including phenoxy) is 1. The number of carbonyl (C=O) groups excluding carboxylic acids is 1. The Morgan fingerprint density at radius 1 is 1.04 bits per heavy atom. The lowest BCUT2D eigenvalue weighted by molar-refractivity contribution is 0.0697. The van der Waals surface area contributed by atoms with Crippen LogP contribution in [-0.2, 0) is 6.42 Å². The third-order valence-electron chi connectivity index (χ3n) is 4.91. The summed E-state index contributed by atoms with van der Waals surface area (Å²) in [7, 11) is 0. The smallest absolute Gasteiger partial charge is 0.336 e. The van der Waals surface area contributed by atoms with Gasteiger partial charge in [-0.05, 0) is 53.4 Å². The van der Waals surface area contributed by atoms with Crippen molar-refractivity contribution in [2.24, 2.45) is 5.92 Å². The summed E-state index contributed by atoms with van der Waals surface area (Å²) in [6.07, 6.45) is 0.623. The number of ketones is 1. The minimum Gasteiger partial charge on any atom is -0.492 e. The van der Waals surface area contributed by atoms with Crippen LogP contribution in [0.1, 0.15) is 26.3 Å². The Kier molecular flexibility index (Phi) is 4.88. The second-order valence-electron chi connectivity index (χ2n) is 6.77. The average Bonchev–Trinajstić information content (AvgIpc) is 2.70. The highest BCUT2D eigenvalue weighted by molar-refractivity contribution is 6.31. The molecule has 4 nitrogen and oxygen atoms in total. The molecule has 1 aliphatic rings. The minimum absolute atomic E-state index is 0.0428.